The van der Waals surface area contributed by atoms with Crippen LogP contribution in [-0.2, 0) is 20.1 Å². The van der Waals surface area contributed by atoms with E-state index in [9.17, 15) is 10.2 Å². The number of nitrogens with zero attached hydrogens (tertiary/aromatic N) is 1. The standard InChI is InChI=1S/C20H38O2.C13H8NS.Ir/c1-5-19(6-2)13-9-11-15-12-10-14-20(7-3,8-4)18(22)16(15)17(19)21;1-2-6-10(7-3-1)13-14-11-8-4-5-9-12(11)15-13;/h15-18,21-22H,5-14H2,1-4H3;1-6,8-9H;/q;-1;. The normalized spacial score (nSPS) is 26.2. The molecule has 38 heavy (non-hydrogen) atoms. The van der Waals surface area contributed by atoms with Crippen molar-refractivity contribution in [2.75, 3.05) is 0 Å². The average molecular weight is 713 g/mol. The molecule has 2 aromatic carbocycles. The minimum atomic E-state index is -0.333. The number of hydrogen-bond acceptors (Lipinski definition) is 4. The topological polar surface area (TPSA) is 53.4 Å². The van der Waals surface area contributed by atoms with Gasteiger partial charge in [0.1, 0.15) is 0 Å². The molecule has 2 fully saturated rings. The van der Waals surface area contributed by atoms with Gasteiger partial charge in [0, 0.05) is 35.7 Å². The Morgan fingerprint density at radius 1 is 0.842 bits per heavy atom. The molecule has 3 nitrogen and oxygen atoms in total. The fourth-order valence-corrected chi connectivity index (χ4v) is 8.27. The maximum absolute atomic E-state index is 11.4. The van der Waals surface area contributed by atoms with Gasteiger partial charge in [0.15, 0.2) is 0 Å². The molecule has 2 unspecified atom stereocenters. The van der Waals surface area contributed by atoms with Gasteiger partial charge in [0.05, 0.1) is 17.7 Å². The molecule has 0 aliphatic heterocycles. The van der Waals surface area contributed by atoms with E-state index in [-0.39, 0.29) is 49.1 Å². The first-order valence-corrected chi connectivity index (χ1v) is 15.4. The molecule has 2 aliphatic rings. The van der Waals surface area contributed by atoms with Crippen LogP contribution in [0.3, 0.4) is 0 Å². The van der Waals surface area contributed by atoms with Crippen LogP contribution in [0.2, 0.25) is 0 Å². The minimum Gasteiger partial charge on any atom is -0.392 e. The van der Waals surface area contributed by atoms with Gasteiger partial charge in [-0.3, -0.25) is 4.98 Å². The molecule has 3 aromatic rings. The summed E-state index contributed by atoms with van der Waals surface area (Å²) in [5.41, 5.74) is 2.18. The predicted octanol–water partition coefficient (Wildman–Crippen LogP) is 8.68. The summed E-state index contributed by atoms with van der Waals surface area (Å²) in [5.74, 6) is 0.606. The third-order valence-corrected chi connectivity index (χ3v) is 11.1. The molecule has 5 rings (SSSR count). The quantitative estimate of drug-likeness (QED) is 0.261. The number of benzene rings is 2. The third-order valence-electron chi connectivity index (χ3n) is 10.1. The van der Waals surface area contributed by atoms with E-state index in [0.717, 1.165) is 54.6 Å². The van der Waals surface area contributed by atoms with E-state index >= 15 is 0 Å². The maximum atomic E-state index is 11.4. The molecule has 0 amide bonds. The molecule has 0 spiro atoms. The van der Waals surface area contributed by atoms with E-state index in [1.54, 1.807) is 11.3 Å². The molecule has 1 heterocycles. The van der Waals surface area contributed by atoms with E-state index < -0.39 is 0 Å². The first kappa shape index (κ1) is 31.4. The Labute approximate surface area is 247 Å². The van der Waals surface area contributed by atoms with Gasteiger partial charge in [0.2, 0.25) is 0 Å². The number of thiazole rings is 1. The van der Waals surface area contributed by atoms with Crippen LogP contribution < -0.4 is 0 Å². The van der Waals surface area contributed by atoms with Gasteiger partial charge in [-0.05, 0) is 80.2 Å². The molecule has 2 atom stereocenters. The smallest absolute Gasteiger partial charge is 0.0697 e. The van der Waals surface area contributed by atoms with Gasteiger partial charge in [-0.2, -0.15) is 11.3 Å². The number of rotatable bonds is 5. The monoisotopic (exact) mass is 713 g/mol. The number of aromatic nitrogens is 1. The molecular formula is C33H46IrNO2S-. The number of aliphatic hydroxyl groups is 2. The summed E-state index contributed by atoms with van der Waals surface area (Å²) in [4.78, 5) is 4.57. The number of para-hydroxylation sites is 1. The molecule has 1 radical (unpaired) electrons. The van der Waals surface area contributed by atoms with E-state index in [4.69, 9.17) is 0 Å². The summed E-state index contributed by atoms with van der Waals surface area (Å²) in [6.45, 7) is 8.90. The van der Waals surface area contributed by atoms with Gasteiger partial charge in [-0.25, -0.2) is 0 Å². The molecule has 0 saturated heterocycles. The van der Waals surface area contributed by atoms with Crippen molar-refractivity contribution in [3.05, 3.63) is 54.6 Å². The van der Waals surface area contributed by atoms with Crippen molar-refractivity contribution in [1.29, 1.82) is 0 Å². The molecule has 2 saturated carbocycles. The van der Waals surface area contributed by atoms with Crippen molar-refractivity contribution in [2.45, 2.75) is 104 Å². The summed E-state index contributed by atoms with van der Waals surface area (Å²) < 4.78 is 1.23. The Bertz CT molecular complexity index is 1040. The van der Waals surface area contributed by atoms with E-state index in [2.05, 4.69) is 44.8 Å². The van der Waals surface area contributed by atoms with Crippen LogP contribution >= 0.6 is 11.3 Å². The zero-order chi connectivity index (χ0) is 26.5. The molecular weight excluding hydrogens is 667 g/mol. The van der Waals surface area contributed by atoms with Crippen LogP contribution in [0.4, 0.5) is 0 Å². The molecule has 5 heteroatoms. The predicted molar refractivity (Wildman–Crippen MR) is 157 cm³/mol. The fourth-order valence-electron chi connectivity index (χ4n) is 7.32. The third kappa shape index (κ3) is 6.28. The van der Waals surface area contributed by atoms with Crippen molar-refractivity contribution in [1.82, 2.24) is 4.98 Å². The van der Waals surface area contributed by atoms with Crippen LogP contribution in [0, 0.1) is 28.7 Å². The second-order valence-corrected chi connectivity index (χ2v) is 12.4. The fraction of sp³-hybridized carbons (Fsp3) is 0.606. The SMILES string of the molecule is CCC1(CC)CCCC2CCCC(CC)(CC)C(O)C2C1O.[Ir].[c-]1ccccc1-c1nc2ccccc2s1. The Morgan fingerprint density at radius 3 is 1.89 bits per heavy atom. The molecule has 2 N–H and O–H groups in total. The number of fused-ring (bicyclic) bond motifs is 2. The van der Waals surface area contributed by atoms with E-state index in [1.807, 2.05) is 42.5 Å². The zero-order valence-electron chi connectivity index (χ0n) is 23.6. The van der Waals surface area contributed by atoms with Crippen LogP contribution in [0.5, 0.6) is 0 Å². The van der Waals surface area contributed by atoms with Crippen LogP contribution in [0.25, 0.3) is 20.8 Å². The first-order valence-electron chi connectivity index (χ1n) is 14.6. The van der Waals surface area contributed by atoms with Crippen molar-refractivity contribution in [3.63, 3.8) is 0 Å². The van der Waals surface area contributed by atoms with Crippen LogP contribution in [0.1, 0.15) is 91.9 Å². The van der Waals surface area contributed by atoms with Crippen LogP contribution in [-0.4, -0.2) is 27.4 Å². The number of hydrogen-bond donors (Lipinski definition) is 2. The Morgan fingerprint density at radius 2 is 1.39 bits per heavy atom. The second kappa shape index (κ2) is 14.0. The average Bonchev–Trinajstić information content (AvgIpc) is 3.26. The summed E-state index contributed by atoms with van der Waals surface area (Å²) in [5, 5.41) is 23.7. The van der Waals surface area contributed by atoms with Gasteiger partial charge in [-0.15, -0.1) is 35.9 Å². The Balaban J connectivity index is 0.000000218. The zero-order valence-corrected chi connectivity index (χ0v) is 26.8. The van der Waals surface area contributed by atoms with Crippen molar-refractivity contribution < 1.29 is 30.3 Å². The van der Waals surface area contributed by atoms with Gasteiger partial charge < -0.3 is 10.2 Å². The summed E-state index contributed by atoms with van der Waals surface area (Å²) in [7, 11) is 0. The largest absolute Gasteiger partial charge is 0.392 e. The molecule has 0 bridgehead atoms. The van der Waals surface area contributed by atoms with Crippen molar-refractivity contribution in [2.24, 2.45) is 22.7 Å². The Kier molecular flexibility index (Phi) is 11.6. The molecule has 1 aromatic heterocycles. The summed E-state index contributed by atoms with van der Waals surface area (Å²) in [6.07, 6.45) is 10.6. The van der Waals surface area contributed by atoms with E-state index in [0.29, 0.717) is 5.92 Å². The van der Waals surface area contributed by atoms with Crippen LogP contribution in [0.15, 0.2) is 48.5 Å². The molecule has 211 valence electrons. The van der Waals surface area contributed by atoms with Crippen molar-refractivity contribution >= 4 is 21.6 Å². The van der Waals surface area contributed by atoms with Gasteiger partial charge in [0.25, 0.3) is 0 Å². The molecule has 2 aliphatic carbocycles. The number of aliphatic hydroxyl groups excluding tert-OH is 2. The van der Waals surface area contributed by atoms with Gasteiger partial charge >= 0.3 is 0 Å². The van der Waals surface area contributed by atoms with E-state index in [1.165, 1.54) is 30.4 Å². The van der Waals surface area contributed by atoms with Gasteiger partial charge in [-0.1, -0.05) is 52.7 Å². The Hall–Kier alpha value is -1.10. The van der Waals surface area contributed by atoms with Crippen molar-refractivity contribution in [3.8, 4) is 10.6 Å². The summed E-state index contributed by atoms with van der Waals surface area (Å²) in [6, 6.07) is 19.3. The summed E-state index contributed by atoms with van der Waals surface area (Å²) >= 11 is 1.71. The minimum absolute atomic E-state index is 0. The second-order valence-electron chi connectivity index (χ2n) is 11.4. The first-order chi connectivity index (χ1) is 17.9. The maximum Gasteiger partial charge on any atom is 0.0697 e.